The van der Waals surface area contributed by atoms with Crippen LogP contribution in [0.15, 0.2) is 35.0 Å². The lowest BCUT2D eigenvalue weighted by atomic mass is 10.1. The van der Waals surface area contributed by atoms with Gasteiger partial charge in [-0.05, 0) is 53.1 Å². The second-order valence-corrected chi connectivity index (χ2v) is 5.63. The monoisotopic (exact) mass is 286 g/mol. The van der Waals surface area contributed by atoms with Gasteiger partial charge in [0.05, 0.1) is 12.5 Å². The van der Waals surface area contributed by atoms with Gasteiger partial charge in [0.1, 0.15) is 0 Å². The number of carbonyl (C=O) groups excluding carboxylic acids is 2. The van der Waals surface area contributed by atoms with Crippen molar-refractivity contribution in [1.82, 2.24) is 5.32 Å². The third-order valence-corrected chi connectivity index (χ3v) is 4.08. The van der Waals surface area contributed by atoms with E-state index < -0.39 is 0 Å². The minimum atomic E-state index is -0.120. The van der Waals surface area contributed by atoms with Gasteiger partial charge < -0.3 is 10.6 Å². The Morgan fingerprint density at radius 2 is 2.25 bits per heavy atom. The number of carbonyl (C=O) groups is 2. The van der Waals surface area contributed by atoms with E-state index >= 15 is 0 Å². The lowest BCUT2D eigenvalue weighted by molar-refractivity contribution is -0.115. The van der Waals surface area contributed by atoms with Gasteiger partial charge in [0, 0.05) is 11.3 Å². The van der Waals surface area contributed by atoms with Crippen LogP contribution in [0.3, 0.4) is 0 Å². The number of nitrogens with one attached hydrogen (secondary N) is 2. The van der Waals surface area contributed by atoms with Gasteiger partial charge in [-0.15, -0.1) is 0 Å². The highest BCUT2D eigenvalue weighted by Crippen LogP contribution is 2.24. The Hall–Kier alpha value is -2.14. The van der Waals surface area contributed by atoms with Crippen molar-refractivity contribution >= 4 is 28.8 Å². The van der Waals surface area contributed by atoms with Crippen molar-refractivity contribution in [2.45, 2.75) is 19.4 Å². The molecule has 0 spiro atoms. The Morgan fingerprint density at radius 3 is 3.00 bits per heavy atom. The first-order chi connectivity index (χ1) is 9.63. The summed E-state index contributed by atoms with van der Waals surface area (Å²) in [5.41, 5.74) is 3.37. The standard InChI is InChI=1S/C15H14N2O2S/c1-9(11-4-5-20-8-11)16-15(19)10-2-3-13-12(6-10)7-14(18)17-13/h2-6,8-9H,7H2,1H3,(H,16,19)(H,17,18). The molecule has 1 unspecified atom stereocenters. The normalized spacial score (nSPS) is 14.6. The summed E-state index contributed by atoms with van der Waals surface area (Å²) in [5.74, 6) is -0.143. The molecule has 0 saturated heterocycles. The Morgan fingerprint density at radius 1 is 1.40 bits per heavy atom. The lowest BCUT2D eigenvalue weighted by Gasteiger charge is -2.13. The summed E-state index contributed by atoms with van der Waals surface area (Å²) in [6.45, 7) is 1.96. The van der Waals surface area contributed by atoms with Crippen LogP contribution in [-0.4, -0.2) is 11.8 Å². The van der Waals surface area contributed by atoms with Gasteiger partial charge in [-0.3, -0.25) is 9.59 Å². The molecule has 1 aliphatic heterocycles. The molecule has 1 aliphatic rings. The Kier molecular flexibility index (Phi) is 3.28. The summed E-state index contributed by atoms with van der Waals surface area (Å²) in [5, 5.41) is 9.74. The van der Waals surface area contributed by atoms with E-state index in [1.807, 2.05) is 23.8 Å². The maximum absolute atomic E-state index is 12.2. The first-order valence-corrected chi connectivity index (χ1v) is 7.33. The van der Waals surface area contributed by atoms with Crippen LogP contribution in [0.5, 0.6) is 0 Å². The molecule has 1 aromatic carbocycles. The van der Waals surface area contributed by atoms with Crippen LogP contribution >= 0.6 is 11.3 Å². The van der Waals surface area contributed by atoms with Crippen LogP contribution in [0.2, 0.25) is 0 Å². The topological polar surface area (TPSA) is 58.2 Å². The maximum Gasteiger partial charge on any atom is 0.251 e. The van der Waals surface area contributed by atoms with Crippen LogP contribution in [0.1, 0.15) is 34.5 Å². The fourth-order valence-corrected chi connectivity index (χ4v) is 3.01. The molecular formula is C15H14N2O2S. The highest BCUT2D eigenvalue weighted by molar-refractivity contribution is 7.07. The van der Waals surface area contributed by atoms with E-state index in [1.165, 1.54) is 0 Å². The minimum absolute atomic E-state index is 0.0239. The second-order valence-electron chi connectivity index (χ2n) is 4.85. The summed E-state index contributed by atoms with van der Waals surface area (Å²) >= 11 is 1.61. The number of thiophene rings is 1. The van der Waals surface area contributed by atoms with Crippen molar-refractivity contribution < 1.29 is 9.59 Å². The Bertz CT molecular complexity index is 665. The molecule has 0 bridgehead atoms. The van der Waals surface area contributed by atoms with Gasteiger partial charge in [0.2, 0.25) is 5.91 Å². The van der Waals surface area contributed by atoms with Crippen molar-refractivity contribution in [2.75, 3.05) is 5.32 Å². The van der Waals surface area contributed by atoms with Gasteiger partial charge in [-0.2, -0.15) is 11.3 Å². The number of benzene rings is 1. The minimum Gasteiger partial charge on any atom is -0.345 e. The van der Waals surface area contributed by atoms with Gasteiger partial charge in [0.25, 0.3) is 5.91 Å². The van der Waals surface area contributed by atoms with Crippen LogP contribution in [0.4, 0.5) is 5.69 Å². The molecular weight excluding hydrogens is 272 g/mol. The van der Waals surface area contributed by atoms with Gasteiger partial charge in [0.15, 0.2) is 0 Å². The first kappa shape index (κ1) is 12.9. The van der Waals surface area contributed by atoms with Crippen molar-refractivity contribution in [3.63, 3.8) is 0 Å². The first-order valence-electron chi connectivity index (χ1n) is 6.39. The molecule has 2 N–H and O–H groups in total. The highest BCUT2D eigenvalue weighted by atomic mass is 32.1. The molecule has 2 amide bonds. The van der Waals surface area contributed by atoms with E-state index in [0.29, 0.717) is 12.0 Å². The molecule has 1 aromatic heterocycles. The lowest BCUT2D eigenvalue weighted by Crippen LogP contribution is -2.26. The zero-order chi connectivity index (χ0) is 14.1. The molecule has 0 aliphatic carbocycles. The molecule has 1 atom stereocenters. The molecule has 0 radical (unpaired) electrons. The van der Waals surface area contributed by atoms with Crippen LogP contribution in [0.25, 0.3) is 0 Å². The third kappa shape index (κ3) is 2.44. The fourth-order valence-electron chi connectivity index (χ4n) is 2.26. The van der Waals surface area contributed by atoms with Gasteiger partial charge >= 0.3 is 0 Å². The van der Waals surface area contributed by atoms with Crippen LogP contribution < -0.4 is 10.6 Å². The summed E-state index contributed by atoms with van der Waals surface area (Å²) in [6, 6.07) is 7.27. The summed E-state index contributed by atoms with van der Waals surface area (Å²) < 4.78 is 0. The molecule has 0 saturated carbocycles. The third-order valence-electron chi connectivity index (χ3n) is 3.38. The van der Waals surface area contributed by atoms with E-state index in [0.717, 1.165) is 16.8 Å². The quantitative estimate of drug-likeness (QED) is 0.911. The van der Waals surface area contributed by atoms with Crippen molar-refractivity contribution in [1.29, 1.82) is 0 Å². The molecule has 2 heterocycles. The molecule has 20 heavy (non-hydrogen) atoms. The molecule has 3 rings (SSSR count). The molecule has 0 fully saturated rings. The highest BCUT2D eigenvalue weighted by Gasteiger charge is 2.19. The molecule has 4 nitrogen and oxygen atoms in total. The summed E-state index contributed by atoms with van der Waals surface area (Å²) in [4.78, 5) is 23.5. The van der Waals surface area contributed by atoms with E-state index in [-0.39, 0.29) is 17.9 Å². The molecule has 2 aromatic rings. The van der Waals surface area contributed by atoms with Crippen molar-refractivity contribution in [3.05, 3.63) is 51.7 Å². The smallest absolute Gasteiger partial charge is 0.251 e. The van der Waals surface area contributed by atoms with Gasteiger partial charge in [-0.25, -0.2) is 0 Å². The fraction of sp³-hybridized carbons (Fsp3) is 0.200. The zero-order valence-electron chi connectivity index (χ0n) is 11.0. The van der Waals surface area contributed by atoms with Crippen molar-refractivity contribution in [3.8, 4) is 0 Å². The van der Waals surface area contributed by atoms with E-state index in [4.69, 9.17) is 0 Å². The van der Waals surface area contributed by atoms with Crippen LogP contribution in [0, 0.1) is 0 Å². The number of fused-ring (bicyclic) bond motifs is 1. The largest absolute Gasteiger partial charge is 0.345 e. The maximum atomic E-state index is 12.2. The number of amides is 2. The zero-order valence-corrected chi connectivity index (χ0v) is 11.8. The van der Waals surface area contributed by atoms with E-state index in [1.54, 1.807) is 29.5 Å². The Labute approximate surface area is 120 Å². The predicted octanol–water partition coefficient (Wildman–Crippen LogP) is 2.73. The van der Waals surface area contributed by atoms with E-state index in [9.17, 15) is 9.59 Å². The number of hydrogen-bond donors (Lipinski definition) is 2. The summed E-state index contributed by atoms with van der Waals surface area (Å²) in [6.07, 6.45) is 0.344. The second kappa shape index (κ2) is 5.09. The summed E-state index contributed by atoms with van der Waals surface area (Å²) in [7, 11) is 0. The SMILES string of the molecule is CC(NC(=O)c1ccc2c(c1)CC(=O)N2)c1ccsc1. The van der Waals surface area contributed by atoms with E-state index in [2.05, 4.69) is 10.6 Å². The molecule has 5 heteroatoms. The van der Waals surface area contributed by atoms with Gasteiger partial charge in [-0.1, -0.05) is 0 Å². The van der Waals surface area contributed by atoms with Crippen LogP contribution in [-0.2, 0) is 11.2 Å². The number of anilines is 1. The average Bonchev–Trinajstić information content (AvgIpc) is 3.05. The average molecular weight is 286 g/mol. The molecule has 102 valence electrons. The van der Waals surface area contributed by atoms with Crippen molar-refractivity contribution in [2.24, 2.45) is 0 Å². The Balaban J connectivity index is 1.75. The number of hydrogen-bond acceptors (Lipinski definition) is 3. The number of rotatable bonds is 3. The predicted molar refractivity (Wildman–Crippen MR) is 79.0 cm³/mol.